The molecule has 36 heavy (non-hydrogen) atoms. The van der Waals surface area contributed by atoms with Crippen molar-refractivity contribution in [2.24, 2.45) is 17.3 Å². The number of carbonyl (C=O) groups is 2. The van der Waals surface area contributed by atoms with E-state index in [-0.39, 0.29) is 29.8 Å². The third-order valence-corrected chi connectivity index (χ3v) is 9.04. The van der Waals surface area contributed by atoms with Crippen molar-refractivity contribution in [3.63, 3.8) is 0 Å². The first-order valence-electron chi connectivity index (χ1n) is 12.9. The van der Waals surface area contributed by atoms with Gasteiger partial charge in [0.1, 0.15) is 11.9 Å². The number of aliphatic hydroxyl groups excluding tert-OH is 2. The first kappa shape index (κ1) is 29.2. The van der Waals surface area contributed by atoms with E-state index in [1.165, 1.54) is 11.3 Å². The number of carbonyl (C=O) groups excluding carboxylic acids is 2. The lowest BCUT2D eigenvalue weighted by Crippen LogP contribution is -2.46. The molecule has 0 aliphatic carbocycles. The van der Waals surface area contributed by atoms with Crippen LogP contribution in [0.1, 0.15) is 83.8 Å². The number of hydrogen-bond donors (Lipinski definition) is 2. The van der Waals surface area contributed by atoms with Crippen LogP contribution in [0.3, 0.4) is 0 Å². The number of aromatic nitrogens is 1. The minimum atomic E-state index is -1.27. The molecule has 2 aliphatic rings. The second-order valence-electron chi connectivity index (χ2n) is 11.1. The van der Waals surface area contributed by atoms with Crippen LogP contribution in [0.4, 0.5) is 0 Å². The number of cyclic esters (lactones) is 1. The maximum absolute atomic E-state index is 13.4. The quantitative estimate of drug-likeness (QED) is 0.407. The number of halogens is 1. The molecular weight excluding hydrogens is 502 g/mol. The lowest BCUT2D eigenvalue weighted by molar-refractivity contribution is -0.154. The zero-order valence-corrected chi connectivity index (χ0v) is 23.7. The number of Topliss-reactive ketones (excluding diaryl/α,β-unsaturated/α-hetero) is 1. The van der Waals surface area contributed by atoms with Crippen LogP contribution in [0.2, 0.25) is 0 Å². The lowest BCUT2D eigenvalue weighted by Gasteiger charge is -2.35. The molecule has 0 bridgehead atoms. The van der Waals surface area contributed by atoms with Gasteiger partial charge in [-0.05, 0) is 45.1 Å². The average Bonchev–Trinajstić information content (AvgIpc) is 3.24. The predicted octanol–water partition coefficient (Wildman–Crippen LogP) is 5.04. The van der Waals surface area contributed by atoms with Crippen molar-refractivity contribution in [2.75, 3.05) is 0 Å². The number of epoxide rings is 1. The molecule has 7 atom stereocenters. The fraction of sp³-hybridized carbons (Fsp3) is 0.741. The Kier molecular flexibility index (Phi) is 9.42. The summed E-state index contributed by atoms with van der Waals surface area (Å²) in [6.45, 7) is 11.0. The Labute approximate surface area is 223 Å². The second-order valence-corrected chi connectivity index (χ2v) is 12.6. The van der Waals surface area contributed by atoms with Crippen molar-refractivity contribution >= 4 is 40.8 Å². The van der Waals surface area contributed by atoms with E-state index in [1.54, 1.807) is 19.9 Å². The fourth-order valence-electron chi connectivity index (χ4n) is 5.09. The van der Waals surface area contributed by atoms with E-state index in [1.807, 2.05) is 33.1 Å². The molecule has 0 amide bonds. The number of aryl methyl sites for hydroxylation is 1. The van der Waals surface area contributed by atoms with E-state index in [2.05, 4.69) is 4.98 Å². The Bertz CT molecular complexity index is 977. The SMILES string of the molecule is CCC1C(=O)C(C)(C)C(O)CC(=O)OC(C(Cl)=Cc2csc(C)n2)CC2OC2(C)CCCC(C)C1O. The zero-order chi connectivity index (χ0) is 26.8. The predicted molar refractivity (Wildman–Crippen MR) is 141 cm³/mol. The van der Waals surface area contributed by atoms with Gasteiger partial charge in [0, 0.05) is 17.7 Å². The monoisotopic (exact) mass is 541 g/mol. The van der Waals surface area contributed by atoms with E-state index < -0.39 is 35.6 Å². The molecular formula is C27H40ClNO6S. The molecule has 0 spiro atoms. The molecule has 0 saturated carbocycles. The van der Waals surface area contributed by atoms with Gasteiger partial charge in [0.2, 0.25) is 0 Å². The van der Waals surface area contributed by atoms with Crippen molar-refractivity contribution < 1.29 is 29.3 Å². The summed E-state index contributed by atoms with van der Waals surface area (Å²) in [4.78, 5) is 30.8. The van der Waals surface area contributed by atoms with Crippen molar-refractivity contribution in [1.82, 2.24) is 4.98 Å². The lowest BCUT2D eigenvalue weighted by atomic mass is 9.71. The van der Waals surface area contributed by atoms with Gasteiger partial charge in [-0.3, -0.25) is 9.59 Å². The molecule has 7 nitrogen and oxygen atoms in total. The maximum atomic E-state index is 13.4. The summed E-state index contributed by atoms with van der Waals surface area (Å²) in [6, 6.07) is 0. The van der Waals surface area contributed by atoms with E-state index >= 15 is 0 Å². The normalized spacial score (nSPS) is 36.8. The molecule has 202 valence electrons. The van der Waals surface area contributed by atoms with Gasteiger partial charge in [0.15, 0.2) is 0 Å². The van der Waals surface area contributed by atoms with Gasteiger partial charge in [0.05, 0.1) is 51.5 Å². The number of fused-ring (bicyclic) bond motifs is 1. The van der Waals surface area contributed by atoms with Crippen molar-refractivity contribution in [3.8, 4) is 0 Å². The van der Waals surface area contributed by atoms with Crippen LogP contribution in [0.25, 0.3) is 6.08 Å². The summed E-state index contributed by atoms with van der Waals surface area (Å²) in [5.41, 5.74) is -0.902. The topological polar surface area (TPSA) is 109 Å². The average molecular weight is 542 g/mol. The summed E-state index contributed by atoms with van der Waals surface area (Å²) < 4.78 is 11.8. The van der Waals surface area contributed by atoms with E-state index in [4.69, 9.17) is 21.1 Å². The summed E-state index contributed by atoms with van der Waals surface area (Å²) in [6.07, 6.45) is 1.56. The van der Waals surface area contributed by atoms with E-state index in [9.17, 15) is 19.8 Å². The van der Waals surface area contributed by atoms with Gasteiger partial charge in [-0.2, -0.15) is 0 Å². The smallest absolute Gasteiger partial charge is 0.309 e. The Balaban J connectivity index is 1.87. The second kappa shape index (κ2) is 11.6. The number of ketones is 1. The van der Waals surface area contributed by atoms with Gasteiger partial charge >= 0.3 is 5.97 Å². The number of esters is 1. The molecule has 0 radical (unpaired) electrons. The molecule has 7 unspecified atom stereocenters. The highest BCUT2D eigenvalue weighted by molar-refractivity contribution is 7.09. The van der Waals surface area contributed by atoms with Crippen molar-refractivity contribution in [2.45, 2.75) is 110 Å². The molecule has 2 fully saturated rings. The summed E-state index contributed by atoms with van der Waals surface area (Å²) in [5, 5.41) is 25.0. The molecule has 0 aromatic carbocycles. The van der Waals surface area contributed by atoms with Crippen LogP contribution in [-0.2, 0) is 19.1 Å². The van der Waals surface area contributed by atoms with Gasteiger partial charge in [0.25, 0.3) is 0 Å². The van der Waals surface area contributed by atoms with E-state index in [0.717, 1.165) is 24.3 Å². The van der Waals surface area contributed by atoms with Crippen LogP contribution < -0.4 is 0 Å². The summed E-state index contributed by atoms with van der Waals surface area (Å²) in [7, 11) is 0. The number of hydrogen-bond acceptors (Lipinski definition) is 8. The van der Waals surface area contributed by atoms with Gasteiger partial charge in [-0.1, -0.05) is 45.7 Å². The molecule has 3 heterocycles. The highest BCUT2D eigenvalue weighted by atomic mass is 35.5. The third-order valence-electron chi connectivity index (χ3n) is 7.90. The third kappa shape index (κ3) is 6.76. The Hall–Kier alpha value is -1.32. The van der Waals surface area contributed by atoms with Gasteiger partial charge in [-0.15, -0.1) is 11.3 Å². The Morgan fingerprint density at radius 2 is 2.00 bits per heavy atom. The van der Waals surface area contributed by atoms with Crippen LogP contribution in [0, 0.1) is 24.2 Å². The molecule has 2 saturated heterocycles. The molecule has 3 rings (SSSR count). The summed E-state index contributed by atoms with van der Waals surface area (Å²) >= 11 is 8.14. The maximum Gasteiger partial charge on any atom is 0.309 e. The minimum absolute atomic E-state index is 0.0859. The molecule has 2 N–H and O–H groups in total. The number of ether oxygens (including phenoxy) is 2. The molecule has 2 aliphatic heterocycles. The van der Waals surface area contributed by atoms with E-state index in [0.29, 0.717) is 23.6 Å². The molecule has 9 heteroatoms. The highest BCUT2D eigenvalue weighted by Gasteiger charge is 2.53. The van der Waals surface area contributed by atoms with Crippen molar-refractivity contribution in [3.05, 3.63) is 21.1 Å². The number of thiazole rings is 1. The van der Waals surface area contributed by atoms with Crippen LogP contribution in [-0.4, -0.2) is 57.0 Å². The molecule has 1 aromatic rings. The van der Waals surface area contributed by atoms with Gasteiger partial charge in [-0.25, -0.2) is 4.98 Å². The zero-order valence-electron chi connectivity index (χ0n) is 22.1. The minimum Gasteiger partial charge on any atom is -0.456 e. The fourth-order valence-corrected chi connectivity index (χ4v) is 5.90. The standard InChI is InChI=1S/C27H40ClNO6S/c1-7-18-24(32)15(2)9-8-10-27(6)22(35-27)12-20(19(28)11-17-14-36-16(3)29-17)34-23(31)13-21(30)26(4,5)25(18)33/h11,14-15,18,20-22,24,30,32H,7-10,12-13H2,1-6H3. The first-order valence-corrected chi connectivity index (χ1v) is 14.1. The Morgan fingerprint density at radius 1 is 1.31 bits per heavy atom. The van der Waals surface area contributed by atoms with Crippen LogP contribution >= 0.6 is 22.9 Å². The summed E-state index contributed by atoms with van der Waals surface area (Å²) in [5.74, 6) is -1.61. The largest absolute Gasteiger partial charge is 0.456 e. The Morgan fingerprint density at radius 3 is 2.61 bits per heavy atom. The molecule has 1 aromatic heterocycles. The van der Waals surface area contributed by atoms with Crippen molar-refractivity contribution in [1.29, 1.82) is 0 Å². The highest BCUT2D eigenvalue weighted by Crippen LogP contribution is 2.45. The van der Waals surface area contributed by atoms with Crippen LogP contribution in [0.5, 0.6) is 0 Å². The number of aliphatic hydroxyl groups is 2. The van der Waals surface area contributed by atoms with Crippen LogP contribution in [0.15, 0.2) is 10.4 Å². The first-order chi connectivity index (χ1) is 16.8. The number of nitrogens with zero attached hydrogens (tertiary/aromatic N) is 1. The number of rotatable bonds is 3. The van der Waals surface area contributed by atoms with Gasteiger partial charge < -0.3 is 19.7 Å².